The normalized spacial score (nSPS) is 14.7. The zero-order chi connectivity index (χ0) is 14.4. The third kappa shape index (κ3) is 5.23. The van der Waals surface area contributed by atoms with Crippen LogP contribution >= 0.6 is 15.9 Å². The van der Waals surface area contributed by atoms with E-state index in [0.717, 1.165) is 29.4 Å². The average molecular weight is 330 g/mol. The third-order valence-electron chi connectivity index (χ3n) is 3.68. The smallest absolute Gasteiger partial charge is 0.123 e. The SMILES string of the molecule is CCCNC(C)C(Cc1cc(F)ccc1Br)C(C)C. The van der Waals surface area contributed by atoms with Crippen molar-refractivity contribution in [3.63, 3.8) is 0 Å². The molecule has 108 valence electrons. The fraction of sp³-hybridized carbons (Fsp3) is 0.625. The van der Waals surface area contributed by atoms with Crippen LogP contribution in [0, 0.1) is 17.7 Å². The lowest BCUT2D eigenvalue weighted by molar-refractivity contribution is 0.288. The van der Waals surface area contributed by atoms with Crippen molar-refractivity contribution in [2.24, 2.45) is 11.8 Å². The Morgan fingerprint density at radius 1 is 1.26 bits per heavy atom. The molecule has 2 atom stereocenters. The van der Waals surface area contributed by atoms with Crippen molar-refractivity contribution in [1.82, 2.24) is 5.32 Å². The van der Waals surface area contributed by atoms with Crippen LogP contribution in [0.1, 0.15) is 39.7 Å². The summed E-state index contributed by atoms with van der Waals surface area (Å²) in [6, 6.07) is 5.38. The molecule has 1 aromatic carbocycles. The number of benzene rings is 1. The predicted molar refractivity (Wildman–Crippen MR) is 83.9 cm³/mol. The van der Waals surface area contributed by atoms with Crippen LogP contribution in [0.15, 0.2) is 22.7 Å². The van der Waals surface area contributed by atoms with Gasteiger partial charge in [-0.15, -0.1) is 0 Å². The minimum absolute atomic E-state index is 0.158. The summed E-state index contributed by atoms with van der Waals surface area (Å²) in [5.41, 5.74) is 1.06. The zero-order valence-corrected chi connectivity index (χ0v) is 13.9. The van der Waals surface area contributed by atoms with E-state index < -0.39 is 0 Å². The molecule has 0 aromatic heterocycles. The maximum atomic E-state index is 13.4. The van der Waals surface area contributed by atoms with E-state index in [-0.39, 0.29) is 5.82 Å². The highest BCUT2D eigenvalue weighted by atomic mass is 79.9. The van der Waals surface area contributed by atoms with Crippen LogP contribution in [-0.2, 0) is 6.42 Å². The van der Waals surface area contributed by atoms with Crippen molar-refractivity contribution in [3.8, 4) is 0 Å². The van der Waals surface area contributed by atoms with Crippen LogP contribution in [0.4, 0.5) is 4.39 Å². The monoisotopic (exact) mass is 329 g/mol. The van der Waals surface area contributed by atoms with Crippen LogP contribution in [0.5, 0.6) is 0 Å². The molecule has 0 heterocycles. The van der Waals surface area contributed by atoms with Crippen molar-refractivity contribution in [1.29, 1.82) is 0 Å². The summed E-state index contributed by atoms with van der Waals surface area (Å²) in [6.07, 6.45) is 2.03. The van der Waals surface area contributed by atoms with Gasteiger partial charge in [-0.1, -0.05) is 36.7 Å². The van der Waals surface area contributed by atoms with E-state index in [9.17, 15) is 4.39 Å². The molecule has 0 aliphatic rings. The second kappa shape index (κ2) is 8.01. The van der Waals surface area contributed by atoms with E-state index in [1.807, 2.05) is 0 Å². The molecule has 1 rings (SSSR count). The van der Waals surface area contributed by atoms with E-state index in [0.29, 0.717) is 17.9 Å². The molecule has 2 unspecified atom stereocenters. The minimum Gasteiger partial charge on any atom is -0.314 e. The molecule has 1 nitrogen and oxygen atoms in total. The molecule has 0 amide bonds. The van der Waals surface area contributed by atoms with Crippen molar-refractivity contribution < 1.29 is 4.39 Å². The molecule has 3 heteroatoms. The van der Waals surface area contributed by atoms with Gasteiger partial charge in [0.05, 0.1) is 0 Å². The molecule has 0 saturated heterocycles. The number of hydrogen-bond donors (Lipinski definition) is 1. The van der Waals surface area contributed by atoms with Gasteiger partial charge in [0.15, 0.2) is 0 Å². The summed E-state index contributed by atoms with van der Waals surface area (Å²) in [4.78, 5) is 0. The van der Waals surface area contributed by atoms with Crippen LogP contribution in [0.2, 0.25) is 0 Å². The van der Waals surface area contributed by atoms with Crippen LogP contribution in [0.3, 0.4) is 0 Å². The molecule has 0 fully saturated rings. The molecule has 0 spiro atoms. The van der Waals surface area contributed by atoms with E-state index in [2.05, 4.69) is 48.9 Å². The number of halogens is 2. The molecule has 0 aliphatic carbocycles. The van der Waals surface area contributed by atoms with Crippen LogP contribution < -0.4 is 5.32 Å². The van der Waals surface area contributed by atoms with Gasteiger partial charge >= 0.3 is 0 Å². The Bertz CT molecular complexity index is 392. The van der Waals surface area contributed by atoms with Crippen molar-refractivity contribution >= 4 is 15.9 Å². The van der Waals surface area contributed by atoms with Crippen molar-refractivity contribution in [2.75, 3.05) is 6.54 Å². The van der Waals surface area contributed by atoms with Gasteiger partial charge in [0.1, 0.15) is 5.82 Å². The predicted octanol–water partition coefficient (Wildman–Crippen LogP) is 4.79. The van der Waals surface area contributed by atoms with Gasteiger partial charge in [-0.05, 0) is 61.9 Å². The van der Waals surface area contributed by atoms with Crippen molar-refractivity contribution in [3.05, 3.63) is 34.1 Å². The number of rotatable bonds is 7. The summed E-state index contributed by atoms with van der Waals surface area (Å²) >= 11 is 3.52. The first-order chi connectivity index (χ1) is 8.95. The summed E-state index contributed by atoms with van der Waals surface area (Å²) in [5, 5.41) is 3.56. The first kappa shape index (κ1) is 16.6. The molecule has 19 heavy (non-hydrogen) atoms. The maximum absolute atomic E-state index is 13.4. The Balaban J connectivity index is 2.80. The molecule has 0 bridgehead atoms. The largest absolute Gasteiger partial charge is 0.314 e. The van der Waals surface area contributed by atoms with Gasteiger partial charge < -0.3 is 5.32 Å². The number of hydrogen-bond acceptors (Lipinski definition) is 1. The highest BCUT2D eigenvalue weighted by Crippen LogP contribution is 2.26. The van der Waals surface area contributed by atoms with E-state index in [4.69, 9.17) is 0 Å². The topological polar surface area (TPSA) is 12.0 Å². The molecular formula is C16H25BrFN. The fourth-order valence-corrected chi connectivity index (χ4v) is 2.88. The number of nitrogens with one attached hydrogen (secondary N) is 1. The fourth-order valence-electron chi connectivity index (χ4n) is 2.47. The molecule has 0 saturated carbocycles. The summed E-state index contributed by atoms with van der Waals surface area (Å²) < 4.78 is 14.4. The molecule has 0 radical (unpaired) electrons. The average Bonchev–Trinajstić information content (AvgIpc) is 2.36. The Hall–Kier alpha value is -0.410. The maximum Gasteiger partial charge on any atom is 0.123 e. The molecule has 1 aromatic rings. The lowest BCUT2D eigenvalue weighted by Crippen LogP contribution is -2.37. The zero-order valence-electron chi connectivity index (χ0n) is 12.3. The minimum atomic E-state index is -0.158. The summed E-state index contributed by atoms with van der Waals surface area (Å²) in [6.45, 7) is 9.92. The second-order valence-electron chi connectivity index (χ2n) is 5.59. The molecule has 1 N–H and O–H groups in total. The Labute approximate surface area is 125 Å². The van der Waals surface area contributed by atoms with Crippen LogP contribution in [-0.4, -0.2) is 12.6 Å². The van der Waals surface area contributed by atoms with E-state index in [1.165, 1.54) is 6.07 Å². The Morgan fingerprint density at radius 2 is 1.95 bits per heavy atom. The molecular weight excluding hydrogens is 305 g/mol. The van der Waals surface area contributed by atoms with Crippen LogP contribution in [0.25, 0.3) is 0 Å². The van der Waals surface area contributed by atoms with Gasteiger partial charge in [0.2, 0.25) is 0 Å². The molecule has 0 aliphatic heterocycles. The van der Waals surface area contributed by atoms with Gasteiger partial charge in [0, 0.05) is 10.5 Å². The van der Waals surface area contributed by atoms with Gasteiger partial charge in [-0.25, -0.2) is 4.39 Å². The first-order valence-electron chi connectivity index (χ1n) is 7.13. The highest BCUT2D eigenvalue weighted by Gasteiger charge is 2.21. The Kier molecular flexibility index (Phi) is 7.01. The third-order valence-corrected chi connectivity index (χ3v) is 4.45. The lowest BCUT2D eigenvalue weighted by Gasteiger charge is -2.29. The van der Waals surface area contributed by atoms with Crippen molar-refractivity contribution in [2.45, 2.75) is 46.6 Å². The van der Waals surface area contributed by atoms with E-state index >= 15 is 0 Å². The Morgan fingerprint density at radius 3 is 2.53 bits per heavy atom. The van der Waals surface area contributed by atoms with E-state index in [1.54, 1.807) is 12.1 Å². The first-order valence-corrected chi connectivity index (χ1v) is 7.92. The quantitative estimate of drug-likeness (QED) is 0.758. The van der Waals surface area contributed by atoms with Gasteiger partial charge in [-0.2, -0.15) is 0 Å². The summed E-state index contributed by atoms with van der Waals surface area (Å²) in [5.74, 6) is 0.911. The van der Waals surface area contributed by atoms with Gasteiger partial charge in [-0.3, -0.25) is 0 Å². The second-order valence-corrected chi connectivity index (χ2v) is 6.44. The standard InChI is InChI=1S/C16H25BrFN/c1-5-8-19-12(4)15(11(2)3)10-13-9-14(18)6-7-16(13)17/h6-7,9,11-12,15,19H,5,8,10H2,1-4H3. The summed E-state index contributed by atoms with van der Waals surface area (Å²) in [7, 11) is 0. The lowest BCUT2D eigenvalue weighted by atomic mass is 9.84. The highest BCUT2D eigenvalue weighted by molar-refractivity contribution is 9.10. The van der Waals surface area contributed by atoms with Gasteiger partial charge in [0.25, 0.3) is 0 Å².